The first-order valence-corrected chi connectivity index (χ1v) is 11.1. The van der Waals surface area contributed by atoms with Gasteiger partial charge in [0.1, 0.15) is 5.75 Å². The maximum Gasteiger partial charge on any atom is 0.267 e. The second-order valence-electron chi connectivity index (χ2n) is 8.04. The van der Waals surface area contributed by atoms with Crippen LogP contribution < -0.4 is 15.0 Å². The van der Waals surface area contributed by atoms with E-state index < -0.39 is 6.10 Å². The van der Waals surface area contributed by atoms with Crippen LogP contribution in [-0.2, 0) is 34.1 Å². The van der Waals surface area contributed by atoms with Crippen molar-refractivity contribution in [1.29, 1.82) is 0 Å². The van der Waals surface area contributed by atoms with Crippen molar-refractivity contribution in [2.45, 2.75) is 39.2 Å². The Bertz CT molecular complexity index is 1080. The van der Waals surface area contributed by atoms with E-state index in [1.165, 1.54) is 0 Å². The first-order valence-electron chi connectivity index (χ1n) is 11.1. The molecule has 0 bridgehead atoms. The molecular weight excluding hydrogens is 416 g/mol. The van der Waals surface area contributed by atoms with Crippen molar-refractivity contribution in [3.8, 4) is 5.75 Å². The standard InChI is InChI=1S/C27H28N2O4/c1-20-27(31)29(24-9-5-6-10-25(24)33-20)16-15-26(30)28-17-21-11-13-23(14-12-21)19-32-18-22-7-3-2-4-8-22/h2-14,20H,15-19H2,1H3,(H,28,30). The molecule has 0 radical (unpaired) electrons. The quantitative estimate of drug-likeness (QED) is 0.537. The number of anilines is 1. The summed E-state index contributed by atoms with van der Waals surface area (Å²) < 4.78 is 11.4. The minimum atomic E-state index is -0.557. The number of fused-ring (bicyclic) bond motifs is 1. The molecular formula is C27H28N2O4. The van der Waals surface area contributed by atoms with Gasteiger partial charge >= 0.3 is 0 Å². The van der Waals surface area contributed by atoms with Gasteiger partial charge in [-0.05, 0) is 35.7 Å². The van der Waals surface area contributed by atoms with Crippen LogP contribution in [0.5, 0.6) is 5.75 Å². The van der Waals surface area contributed by atoms with Crippen molar-refractivity contribution in [2.24, 2.45) is 0 Å². The Morgan fingerprint density at radius 3 is 2.30 bits per heavy atom. The number of ether oxygens (including phenoxy) is 2. The molecule has 0 aromatic heterocycles. The zero-order valence-electron chi connectivity index (χ0n) is 18.7. The molecule has 6 nitrogen and oxygen atoms in total. The summed E-state index contributed by atoms with van der Waals surface area (Å²) in [6.07, 6.45) is -0.337. The van der Waals surface area contributed by atoms with Crippen molar-refractivity contribution in [2.75, 3.05) is 11.4 Å². The zero-order chi connectivity index (χ0) is 23.0. The van der Waals surface area contributed by atoms with E-state index in [-0.39, 0.29) is 18.2 Å². The van der Waals surface area contributed by atoms with E-state index in [0.717, 1.165) is 16.7 Å². The lowest BCUT2D eigenvalue weighted by Gasteiger charge is -2.32. The Morgan fingerprint density at radius 1 is 0.909 bits per heavy atom. The summed E-state index contributed by atoms with van der Waals surface area (Å²) in [6.45, 7) is 3.59. The van der Waals surface area contributed by atoms with E-state index in [1.54, 1.807) is 11.8 Å². The number of nitrogens with one attached hydrogen (secondary N) is 1. The molecule has 1 atom stereocenters. The molecule has 1 heterocycles. The largest absolute Gasteiger partial charge is 0.479 e. The maximum atomic E-state index is 12.5. The van der Waals surface area contributed by atoms with Crippen molar-refractivity contribution >= 4 is 17.5 Å². The molecule has 6 heteroatoms. The molecule has 1 aliphatic rings. The summed E-state index contributed by atoms with van der Waals surface area (Å²) in [4.78, 5) is 26.6. The molecule has 0 saturated carbocycles. The number of rotatable bonds is 9. The summed E-state index contributed by atoms with van der Waals surface area (Å²) in [5.74, 6) is 0.430. The van der Waals surface area contributed by atoms with Gasteiger partial charge in [-0.2, -0.15) is 0 Å². The van der Waals surface area contributed by atoms with E-state index in [9.17, 15) is 9.59 Å². The van der Waals surface area contributed by atoms with Gasteiger partial charge in [-0.1, -0.05) is 66.7 Å². The minimum absolute atomic E-state index is 0.102. The number of carbonyl (C=O) groups is 2. The lowest BCUT2D eigenvalue weighted by atomic mass is 10.1. The topological polar surface area (TPSA) is 67.9 Å². The highest BCUT2D eigenvalue weighted by atomic mass is 16.5. The fraction of sp³-hybridized carbons (Fsp3) is 0.259. The monoisotopic (exact) mass is 444 g/mol. The number of hydrogen-bond acceptors (Lipinski definition) is 4. The van der Waals surface area contributed by atoms with Crippen LogP contribution in [0.1, 0.15) is 30.0 Å². The van der Waals surface area contributed by atoms with Crippen LogP contribution in [0, 0.1) is 0 Å². The van der Waals surface area contributed by atoms with Gasteiger partial charge in [0.2, 0.25) is 5.91 Å². The smallest absolute Gasteiger partial charge is 0.267 e. The normalized spacial score (nSPS) is 15.0. The van der Waals surface area contributed by atoms with E-state index in [4.69, 9.17) is 9.47 Å². The molecule has 33 heavy (non-hydrogen) atoms. The second kappa shape index (κ2) is 10.8. The molecule has 2 amide bonds. The van der Waals surface area contributed by atoms with Gasteiger partial charge in [-0.3, -0.25) is 9.59 Å². The second-order valence-corrected chi connectivity index (χ2v) is 8.04. The van der Waals surface area contributed by atoms with Crippen LogP contribution in [-0.4, -0.2) is 24.5 Å². The summed E-state index contributed by atoms with van der Waals surface area (Å²) in [5.41, 5.74) is 3.95. The SMILES string of the molecule is CC1Oc2ccccc2N(CCC(=O)NCc2ccc(COCc3ccccc3)cc2)C1=O. The molecule has 0 saturated heterocycles. The number of para-hydroxylation sites is 2. The first-order chi connectivity index (χ1) is 16.1. The van der Waals surface area contributed by atoms with Gasteiger partial charge in [0, 0.05) is 19.5 Å². The average molecular weight is 445 g/mol. The number of amides is 2. The third-order valence-corrected chi connectivity index (χ3v) is 5.53. The van der Waals surface area contributed by atoms with Crippen LogP contribution in [0.2, 0.25) is 0 Å². The van der Waals surface area contributed by atoms with Gasteiger partial charge in [-0.15, -0.1) is 0 Å². The predicted octanol–water partition coefficient (Wildman–Crippen LogP) is 4.22. The van der Waals surface area contributed by atoms with Crippen LogP contribution in [0.25, 0.3) is 0 Å². The Kier molecular flexibility index (Phi) is 7.37. The Morgan fingerprint density at radius 2 is 1.55 bits per heavy atom. The van der Waals surface area contributed by atoms with Crippen LogP contribution in [0.3, 0.4) is 0 Å². The predicted molar refractivity (Wildman–Crippen MR) is 127 cm³/mol. The van der Waals surface area contributed by atoms with Gasteiger partial charge in [0.25, 0.3) is 5.91 Å². The third-order valence-electron chi connectivity index (χ3n) is 5.53. The van der Waals surface area contributed by atoms with Crippen LogP contribution in [0.4, 0.5) is 5.69 Å². The van der Waals surface area contributed by atoms with E-state index in [2.05, 4.69) is 5.32 Å². The summed E-state index contributed by atoms with van der Waals surface area (Å²) >= 11 is 0. The summed E-state index contributed by atoms with van der Waals surface area (Å²) in [5, 5.41) is 2.93. The number of hydrogen-bond donors (Lipinski definition) is 1. The first kappa shape index (κ1) is 22.6. The van der Waals surface area contributed by atoms with E-state index in [1.807, 2.05) is 78.9 Å². The Labute approximate surface area is 194 Å². The molecule has 4 rings (SSSR count). The van der Waals surface area contributed by atoms with Crippen molar-refractivity contribution < 1.29 is 19.1 Å². The summed E-state index contributed by atoms with van der Waals surface area (Å²) in [6, 6.07) is 25.5. The van der Waals surface area contributed by atoms with Gasteiger partial charge < -0.3 is 19.7 Å². The fourth-order valence-corrected chi connectivity index (χ4v) is 3.71. The average Bonchev–Trinajstić information content (AvgIpc) is 2.84. The molecule has 1 aliphatic heterocycles. The molecule has 3 aromatic carbocycles. The lowest BCUT2D eigenvalue weighted by Crippen LogP contribution is -2.45. The van der Waals surface area contributed by atoms with Gasteiger partial charge in [0.15, 0.2) is 6.10 Å². The van der Waals surface area contributed by atoms with Gasteiger partial charge in [0.05, 0.1) is 18.9 Å². The minimum Gasteiger partial charge on any atom is -0.479 e. The van der Waals surface area contributed by atoms with E-state index in [0.29, 0.717) is 37.7 Å². The Hall–Kier alpha value is -3.64. The molecule has 170 valence electrons. The fourth-order valence-electron chi connectivity index (χ4n) is 3.71. The highest BCUT2D eigenvalue weighted by Crippen LogP contribution is 2.33. The lowest BCUT2D eigenvalue weighted by molar-refractivity contribution is -0.125. The molecule has 0 aliphatic carbocycles. The number of nitrogens with zero attached hydrogens (tertiary/aromatic N) is 1. The van der Waals surface area contributed by atoms with Crippen molar-refractivity contribution in [3.05, 3.63) is 95.6 Å². The van der Waals surface area contributed by atoms with E-state index >= 15 is 0 Å². The number of carbonyl (C=O) groups excluding carboxylic acids is 2. The molecule has 0 fully saturated rings. The molecule has 0 spiro atoms. The molecule has 1 unspecified atom stereocenters. The third kappa shape index (κ3) is 5.99. The summed E-state index contributed by atoms with van der Waals surface area (Å²) in [7, 11) is 0. The molecule has 3 aromatic rings. The highest BCUT2D eigenvalue weighted by molar-refractivity contribution is 6.00. The van der Waals surface area contributed by atoms with Crippen molar-refractivity contribution in [1.82, 2.24) is 5.32 Å². The van der Waals surface area contributed by atoms with Crippen LogP contribution >= 0.6 is 0 Å². The van der Waals surface area contributed by atoms with Crippen molar-refractivity contribution in [3.63, 3.8) is 0 Å². The van der Waals surface area contributed by atoms with Gasteiger partial charge in [-0.25, -0.2) is 0 Å². The maximum absolute atomic E-state index is 12.5. The van der Waals surface area contributed by atoms with Crippen LogP contribution in [0.15, 0.2) is 78.9 Å². The zero-order valence-corrected chi connectivity index (χ0v) is 18.7. The highest BCUT2D eigenvalue weighted by Gasteiger charge is 2.31. The number of benzene rings is 3. The Balaban J connectivity index is 1.22. The molecule has 1 N–H and O–H groups in total.